The first kappa shape index (κ1) is 21.1. The molecule has 0 saturated heterocycles. The fourth-order valence-electron chi connectivity index (χ4n) is 4.27. The Hall–Kier alpha value is -3.77. The summed E-state index contributed by atoms with van der Waals surface area (Å²) in [6, 6.07) is 17.8. The Kier molecular flexibility index (Phi) is 5.10. The average molecular weight is 440 g/mol. The van der Waals surface area contributed by atoms with E-state index in [-0.39, 0.29) is 17.5 Å². The van der Waals surface area contributed by atoms with Crippen molar-refractivity contribution in [3.63, 3.8) is 0 Å². The van der Waals surface area contributed by atoms with E-state index in [2.05, 4.69) is 10.3 Å². The predicted molar refractivity (Wildman–Crippen MR) is 126 cm³/mol. The van der Waals surface area contributed by atoms with Gasteiger partial charge in [0.05, 0.1) is 17.6 Å². The highest BCUT2D eigenvalue weighted by molar-refractivity contribution is 6.19. The summed E-state index contributed by atoms with van der Waals surface area (Å²) < 4.78 is 12.1. The molecule has 5 rings (SSSR count). The predicted octanol–water partition coefficient (Wildman–Crippen LogP) is 5.47. The highest BCUT2D eigenvalue weighted by Crippen LogP contribution is 2.41. The van der Waals surface area contributed by atoms with Gasteiger partial charge in [0, 0.05) is 28.8 Å². The average Bonchev–Trinajstić information content (AvgIpc) is 3.17. The second-order valence-electron chi connectivity index (χ2n) is 8.88. The number of ketones is 1. The molecule has 4 aromatic rings. The van der Waals surface area contributed by atoms with Crippen LogP contribution >= 0.6 is 0 Å². The number of anilines is 1. The van der Waals surface area contributed by atoms with Crippen LogP contribution < -0.4 is 5.32 Å². The van der Waals surface area contributed by atoms with Gasteiger partial charge in [0.25, 0.3) is 5.91 Å². The lowest BCUT2D eigenvalue weighted by atomic mass is 9.89. The molecule has 0 unspecified atom stereocenters. The maximum atomic E-state index is 13.4. The van der Waals surface area contributed by atoms with Crippen LogP contribution in [0.25, 0.3) is 11.1 Å². The van der Waals surface area contributed by atoms with E-state index in [0.717, 1.165) is 16.8 Å². The van der Waals surface area contributed by atoms with Crippen molar-refractivity contribution in [3.05, 3.63) is 94.4 Å². The lowest BCUT2D eigenvalue weighted by Gasteiger charge is -2.32. The van der Waals surface area contributed by atoms with Crippen molar-refractivity contribution < 1.29 is 18.7 Å². The van der Waals surface area contributed by atoms with Gasteiger partial charge in [0.2, 0.25) is 17.3 Å². The molecule has 1 aliphatic heterocycles. The van der Waals surface area contributed by atoms with E-state index in [9.17, 15) is 9.59 Å². The molecule has 0 atom stereocenters. The lowest BCUT2D eigenvalue weighted by Crippen LogP contribution is -2.32. The zero-order chi connectivity index (χ0) is 23.2. The molecule has 6 nitrogen and oxygen atoms in total. The molecule has 0 bridgehead atoms. The van der Waals surface area contributed by atoms with Gasteiger partial charge in [0.15, 0.2) is 0 Å². The zero-order valence-corrected chi connectivity index (χ0v) is 18.8. The molecular weight excluding hydrogens is 416 g/mol. The second-order valence-corrected chi connectivity index (χ2v) is 8.88. The minimum absolute atomic E-state index is 0.0741. The van der Waals surface area contributed by atoms with Crippen LogP contribution in [0.5, 0.6) is 0 Å². The summed E-state index contributed by atoms with van der Waals surface area (Å²) in [5, 5.41) is 3.63. The molecule has 166 valence electrons. The quantitative estimate of drug-likeness (QED) is 0.426. The smallest absolute Gasteiger partial charge is 0.255 e. The van der Waals surface area contributed by atoms with E-state index >= 15 is 0 Å². The Morgan fingerprint density at radius 2 is 1.58 bits per heavy atom. The number of aromatic nitrogens is 1. The molecule has 0 radical (unpaired) electrons. The Morgan fingerprint density at radius 3 is 2.24 bits per heavy atom. The van der Waals surface area contributed by atoms with Gasteiger partial charge in [-0.1, -0.05) is 48.5 Å². The Bertz CT molecular complexity index is 1370. The fraction of sp³-hybridized carbons (Fsp3) is 0.222. The maximum Gasteiger partial charge on any atom is 0.255 e. The minimum atomic E-state index is -0.394. The number of nitrogens with zero attached hydrogens (tertiary/aromatic N) is 1. The summed E-state index contributed by atoms with van der Waals surface area (Å²) in [5.41, 5.74) is 4.02. The van der Waals surface area contributed by atoms with Crippen LogP contribution in [-0.4, -0.2) is 22.3 Å². The molecule has 2 aromatic carbocycles. The van der Waals surface area contributed by atoms with Crippen molar-refractivity contribution in [1.82, 2.24) is 4.98 Å². The summed E-state index contributed by atoms with van der Waals surface area (Å²) >= 11 is 0. The van der Waals surface area contributed by atoms with Gasteiger partial charge >= 0.3 is 0 Å². The SMILES string of the molecule is Cc1nc2oc(C(=O)c3ccccc3)c(NC(=O)c3ccccc3)c2c2c1COC(C)(C)C2. The third kappa shape index (κ3) is 3.83. The summed E-state index contributed by atoms with van der Waals surface area (Å²) in [7, 11) is 0. The normalized spacial score (nSPS) is 14.6. The Labute approximate surface area is 191 Å². The van der Waals surface area contributed by atoms with Crippen LogP contribution in [-0.2, 0) is 17.8 Å². The van der Waals surface area contributed by atoms with Crippen molar-refractivity contribution in [2.24, 2.45) is 0 Å². The van der Waals surface area contributed by atoms with Gasteiger partial charge in [-0.05, 0) is 38.5 Å². The number of rotatable bonds is 4. The van der Waals surface area contributed by atoms with E-state index in [0.29, 0.717) is 40.9 Å². The molecule has 1 amide bonds. The van der Waals surface area contributed by atoms with Crippen LogP contribution in [0.15, 0.2) is 65.1 Å². The molecule has 1 N–H and O–H groups in total. The first-order valence-electron chi connectivity index (χ1n) is 10.9. The highest BCUT2D eigenvalue weighted by atomic mass is 16.5. The topological polar surface area (TPSA) is 81.4 Å². The van der Waals surface area contributed by atoms with Gasteiger partial charge in [-0.2, -0.15) is 0 Å². The van der Waals surface area contributed by atoms with Gasteiger partial charge < -0.3 is 14.5 Å². The van der Waals surface area contributed by atoms with Crippen LogP contribution in [0.3, 0.4) is 0 Å². The van der Waals surface area contributed by atoms with Crippen molar-refractivity contribution in [2.45, 2.75) is 39.4 Å². The van der Waals surface area contributed by atoms with Crippen molar-refractivity contribution in [2.75, 3.05) is 5.32 Å². The third-order valence-electron chi connectivity index (χ3n) is 5.99. The number of pyridine rings is 1. The fourth-order valence-corrected chi connectivity index (χ4v) is 4.27. The standard InChI is InChI=1S/C27H24N2O4/c1-16-20-15-32-27(2,3)14-19(20)21-22(29-25(31)18-12-8-5-9-13-18)24(33-26(21)28-16)23(30)17-10-6-4-7-11-17/h4-13H,14-15H2,1-3H3,(H,29,31). The van der Waals surface area contributed by atoms with Gasteiger partial charge in [-0.3, -0.25) is 9.59 Å². The number of amides is 1. The molecule has 3 heterocycles. The van der Waals surface area contributed by atoms with E-state index in [1.54, 1.807) is 48.5 Å². The molecular formula is C27H24N2O4. The minimum Gasteiger partial charge on any atom is -0.432 e. The first-order valence-corrected chi connectivity index (χ1v) is 10.9. The molecule has 0 fully saturated rings. The number of ether oxygens (including phenoxy) is 1. The van der Waals surface area contributed by atoms with E-state index < -0.39 is 5.60 Å². The number of carbonyl (C=O) groups excluding carboxylic acids is 2. The van der Waals surface area contributed by atoms with Gasteiger partial charge in [-0.25, -0.2) is 4.98 Å². The van der Waals surface area contributed by atoms with Crippen molar-refractivity contribution >= 4 is 28.5 Å². The van der Waals surface area contributed by atoms with Crippen molar-refractivity contribution in [3.8, 4) is 0 Å². The molecule has 33 heavy (non-hydrogen) atoms. The first-order chi connectivity index (χ1) is 15.8. The molecule has 1 aliphatic rings. The number of furan rings is 1. The number of nitrogens with one attached hydrogen (secondary N) is 1. The van der Waals surface area contributed by atoms with Crippen LogP contribution in [0.4, 0.5) is 5.69 Å². The number of fused-ring (bicyclic) bond motifs is 3. The molecule has 0 saturated carbocycles. The summed E-state index contributed by atoms with van der Waals surface area (Å²) in [5.74, 6) is -0.555. The van der Waals surface area contributed by atoms with E-state index in [1.807, 2.05) is 32.9 Å². The summed E-state index contributed by atoms with van der Waals surface area (Å²) in [4.78, 5) is 31.2. The lowest BCUT2D eigenvalue weighted by molar-refractivity contribution is -0.0400. The number of aryl methyl sites for hydroxylation is 1. The highest BCUT2D eigenvalue weighted by Gasteiger charge is 2.34. The van der Waals surface area contributed by atoms with Gasteiger partial charge in [0.1, 0.15) is 5.69 Å². The van der Waals surface area contributed by atoms with E-state index in [4.69, 9.17) is 9.15 Å². The van der Waals surface area contributed by atoms with Crippen LogP contribution in [0.2, 0.25) is 0 Å². The number of carbonyl (C=O) groups is 2. The van der Waals surface area contributed by atoms with Crippen molar-refractivity contribution in [1.29, 1.82) is 0 Å². The summed E-state index contributed by atoms with van der Waals surface area (Å²) in [6.45, 7) is 6.37. The Balaban J connectivity index is 1.73. The monoisotopic (exact) mass is 440 g/mol. The summed E-state index contributed by atoms with van der Waals surface area (Å²) in [6.07, 6.45) is 0.606. The van der Waals surface area contributed by atoms with Crippen LogP contribution in [0, 0.1) is 6.92 Å². The molecule has 6 heteroatoms. The largest absolute Gasteiger partial charge is 0.432 e. The number of hydrogen-bond acceptors (Lipinski definition) is 5. The Morgan fingerprint density at radius 1 is 0.939 bits per heavy atom. The molecule has 0 spiro atoms. The van der Waals surface area contributed by atoms with E-state index in [1.165, 1.54) is 0 Å². The molecule has 0 aliphatic carbocycles. The third-order valence-corrected chi connectivity index (χ3v) is 5.99. The maximum absolute atomic E-state index is 13.4. The van der Waals surface area contributed by atoms with Crippen LogP contribution in [0.1, 0.15) is 57.1 Å². The number of benzene rings is 2. The number of hydrogen-bond donors (Lipinski definition) is 1. The zero-order valence-electron chi connectivity index (χ0n) is 18.8. The van der Waals surface area contributed by atoms with Gasteiger partial charge in [-0.15, -0.1) is 0 Å². The molecule has 2 aromatic heterocycles. The second kappa shape index (κ2) is 7.98.